The van der Waals surface area contributed by atoms with Gasteiger partial charge in [0.05, 0.1) is 18.2 Å². The van der Waals surface area contributed by atoms with Crippen LogP contribution in [-0.2, 0) is 4.74 Å². The summed E-state index contributed by atoms with van der Waals surface area (Å²) < 4.78 is 19.1. The molecule has 0 saturated carbocycles. The van der Waals surface area contributed by atoms with Gasteiger partial charge in [-0.1, -0.05) is 19.1 Å². The first kappa shape index (κ1) is 17.7. The van der Waals surface area contributed by atoms with Crippen molar-refractivity contribution >= 4 is 6.09 Å². The van der Waals surface area contributed by atoms with Crippen LogP contribution in [0.2, 0.25) is 0 Å². The summed E-state index contributed by atoms with van der Waals surface area (Å²) in [7, 11) is 0. The Labute approximate surface area is 137 Å². The maximum Gasteiger partial charge on any atom is 0.411 e. The van der Waals surface area contributed by atoms with Gasteiger partial charge in [0.15, 0.2) is 0 Å². The van der Waals surface area contributed by atoms with Crippen molar-refractivity contribution in [1.82, 2.24) is 4.90 Å². The lowest BCUT2D eigenvalue weighted by Crippen LogP contribution is -2.52. The van der Waals surface area contributed by atoms with Crippen LogP contribution >= 0.6 is 0 Å². The zero-order valence-electron chi connectivity index (χ0n) is 14.3. The number of hydrogen-bond acceptors (Lipinski definition) is 3. The molecule has 1 saturated heterocycles. The Kier molecular flexibility index (Phi) is 4.99. The summed E-state index contributed by atoms with van der Waals surface area (Å²) in [5, 5.41) is 9.93. The monoisotopic (exact) mass is 323 g/mol. The summed E-state index contributed by atoms with van der Waals surface area (Å²) in [6, 6.07) is 6.00. The van der Waals surface area contributed by atoms with Crippen molar-refractivity contribution in [2.75, 3.05) is 6.61 Å². The summed E-state index contributed by atoms with van der Waals surface area (Å²) in [4.78, 5) is 14.4. The molecule has 1 aliphatic rings. The molecular formula is C18H26FNO3. The fourth-order valence-electron chi connectivity index (χ4n) is 3.26. The Morgan fingerprint density at radius 1 is 1.48 bits per heavy atom. The highest BCUT2D eigenvalue weighted by Gasteiger charge is 2.49. The average Bonchev–Trinajstić information content (AvgIpc) is 2.85. The minimum absolute atomic E-state index is 0.130. The van der Waals surface area contributed by atoms with E-state index in [1.165, 1.54) is 12.1 Å². The van der Waals surface area contributed by atoms with Crippen molar-refractivity contribution < 1.29 is 19.0 Å². The molecule has 0 bridgehead atoms. The van der Waals surface area contributed by atoms with Gasteiger partial charge in [-0.05, 0) is 57.7 Å². The third kappa shape index (κ3) is 3.66. The molecule has 1 amide bonds. The third-order valence-electron chi connectivity index (χ3n) is 4.48. The fourth-order valence-corrected chi connectivity index (χ4v) is 3.26. The molecule has 2 atom stereocenters. The van der Waals surface area contributed by atoms with Gasteiger partial charge in [-0.25, -0.2) is 9.18 Å². The third-order valence-corrected chi connectivity index (χ3v) is 4.48. The van der Waals surface area contributed by atoms with Crippen molar-refractivity contribution in [2.45, 2.75) is 64.1 Å². The molecule has 4 nitrogen and oxygen atoms in total. The first-order valence-electron chi connectivity index (χ1n) is 8.11. The number of aliphatic hydroxyl groups excluding tert-OH is 1. The molecule has 2 rings (SSSR count). The summed E-state index contributed by atoms with van der Waals surface area (Å²) in [5.41, 5.74) is -0.542. The average molecular weight is 323 g/mol. The van der Waals surface area contributed by atoms with Crippen LogP contribution in [-0.4, -0.2) is 33.8 Å². The predicted molar refractivity (Wildman–Crippen MR) is 86.6 cm³/mol. The first-order valence-corrected chi connectivity index (χ1v) is 8.11. The molecule has 5 heteroatoms. The maximum atomic E-state index is 13.6. The van der Waals surface area contributed by atoms with Gasteiger partial charge in [0, 0.05) is 0 Å². The lowest BCUT2D eigenvalue weighted by atomic mass is 9.94. The number of halogens is 1. The van der Waals surface area contributed by atoms with E-state index in [1.807, 2.05) is 33.8 Å². The Morgan fingerprint density at radius 2 is 2.17 bits per heavy atom. The highest BCUT2D eigenvalue weighted by molar-refractivity contribution is 5.70. The molecule has 0 aliphatic carbocycles. The van der Waals surface area contributed by atoms with Gasteiger partial charge in [0.2, 0.25) is 0 Å². The van der Waals surface area contributed by atoms with Crippen LogP contribution in [0, 0.1) is 5.82 Å². The Morgan fingerprint density at radius 3 is 2.70 bits per heavy atom. The number of carbonyl (C=O) groups is 1. The fraction of sp³-hybridized carbons (Fsp3) is 0.611. The van der Waals surface area contributed by atoms with Crippen LogP contribution in [0.3, 0.4) is 0 Å². The number of nitrogens with zero attached hydrogens (tertiary/aromatic N) is 1. The lowest BCUT2D eigenvalue weighted by molar-refractivity contribution is -0.0171. The van der Waals surface area contributed by atoms with Crippen LogP contribution in [0.15, 0.2) is 24.3 Å². The van der Waals surface area contributed by atoms with Crippen molar-refractivity contribution in [3.05, 3.63) is 35.6 Å². The second kappa shape index (κ2) is 6.48. The molecule has 1 heterocycles. The van der Waals surface area contributed by atoms with Gasteiger partial charge in [-0.2, -0.15) is 0 Å². The number of rotatable bonds is 3. The summed E-state index contributed by atoms with van der Waals surface area (Å²) in [6.07, 6.45) is 1.51. The number of aliphatic hydroxyl groups is 1. The molecule has 0 spiro atoms. The largest absolute Gasteiger partial charge is 0.444 e. The van der Waals surface area contributed by atoms with E-state index in [4.69, 9.17) is 4.74 Å². The zero-order chi connectivity index (χ0) is 17.3. The quantitative estimate of drug-likeness (QED) is 0.913. The second-order valence-corrected chi connectivity index (χ2v) is 7.20. The number of likely N-dealkylation sites (tertiary alicyclic amines) is 1. The van der Waals surface area contributed by atoms with Gasteiger partial charge in [0.25, 0.3) is 0 Å². The molecule has 1 aromatic carbocycles. The second-order valence-electron chi connectivity index (χ2n) is 7.20. The number of benzene rings is 1. The minimum Gasteiger partial charge on any atom is -0.444 e. The standard InChI is InChI=1S/C18H26FNO3/c1-5-18(12-21)10-9-15(13-7-6-8-14(19)11-13)20(18)16(22)23-17(2,3)4/h6-8,11,15,21H,5,9-10,12H2,1-4H3/t15-,18-/m0/s1. The molecule has 128 valence electrons. The van der Waals surface area contributed by atoms with Crippen LogP contribution < -0.4 is 0 Å². The predicted octanol–water partition coefficient (Wildman–Crippen LogP) is 4.04. The summed E-state index contributed by atoms with van der Waals surface area (Å²) in [6.45, 7) is 7.25. The van der Waals surface area contributed by atoms with Crippen LogP contribution in [0.1, 0.15) is 58.6 Å². The molecule has 0 radical (unpaired) electrons. The van der Waals surface area contributed by atoms with Crippen LogP contribution in [0.25, 0.3) is 0 Å². The molecule has 0 aromatic heterocycles. The highest BCUT2D eigenvalue weighted by Crippen LogP contribution is 2.45. The van der Waals surface area contributed by atoms with E-state index in [0.717, 1.165) is 5.56 Å². The number of hydrogen-bond donors (Lipinski definition) is 1. The van der Waals surface area contributed by atoms with Gasteiger partial charge >= 0.3 is 6.09 Å². The van der Waals surface area contributed by atoms with Gasteiger partial charge in [0.1, 0.15) is 11.4 Å². The maximum absolute atomic E-state index is 13.6. The molecular weight excluding hydrogens is 297 g/mol. The Bertz CT molecular complexity index is 564. The Balaban J connectivity index is 2.40. The number of amides is 1. The van der Waals surface area contributed by atoms with E-state index in [0.29, 0.717) is 19.3 Å². The minimum atomic E-state index is -0.653. The number of ether oxygens (including phenoxy) is 1. The normalized spacial score (nSPS) is 24.8. The van der Waals surface area contributed by atoms with E-state index >= 15 is 0 Å². The molecule has 0 unspecified atom stereocenters. The topological polar surface area (TPSA) is 49.8 Å². The zero-order valence-corrected chi connectivity index (χ0v) is 14.3. The van der Waals surface area contributed by atoms with Crippen molar-refractivity contribution in [3.8, 4) is 0 Å². The van der Waals surface area contributed by atoms with E-state index in [-0.39, 0.29) is 18.5 Å². The van der Waals surface area contributed by atoms with Gasteiger partial charge in [-0.15, -0.1) is 0 Å². The van der Waals surface area contributed by atoms with Crippen molar-refractivity contribution in [1.29, 1.82) is 0 Å². The van der Waals surface area contributed by atoms with E-state index < -0.39 is 17.2 Å². The highest BCUT2D eigenvalue weighted by atomic mass is 19.1. The smallest absolute Gasteiger partial charge is 0.411 e. The summed E-state index contributed by atoms with van der Waals surface area (Å²) >= 11 is 0. The van der Waals surface area contributed by atoms with Crippen molar-refractivity contribution in [3.63, 3.8) is 0 Å². The SMILES string of the molecule is CC[C@@]1(CO)CC[C@@H](c2cccc(F)c2)N1C(=O)OC(C)(C)C. The van der Waals surface area contributed by atoms with E-state index in [9.17, 15) is 14.3 Å². The number of carbonyl (C=O) groups excluding carboxylic acids is 1. The van der Waals surface area contributed by atoms with Crippen LogP contribution in [0.4, 0.5) is 9.18 Å². The Hall–Kier alpha value is -1.62. The van der Waals surface area contributed by atoms with E-state index in [2.05, 4.69) is 0 Å². The molecule has 1 aliphatic heterocycles. The molecule has 1 fully saturated rings. The first-order chi connectivity index (χ1) is 10.7. The van der Waals surface area contributed by atoms with Crippen LogP contribution in [0.5, 0.6) is 0 Å². The lowest BCUT2D eigenvalue weighted by Gasteiger charge is -2.40. The van der Waals surface area contributed by atoms with E-state index in [1.54, 1.807) is 11.0 Å². The molecule has 23 heavy (non-hydrogen) atoms. The van der Waals surface area contributed by atoms with Gasteiger partial charge < -0.3 is 9.84 Å². The van der Waals surface area contributed by atoms with Crippen molar-refractivity contribution in [2.24, 2.45) is 0 Å². The summed E-state index contributed by atoms with van der Waals surface area (Å²) in [5.74, 6) is -0.329. The molecule has 1 N–H and O–H groups in total. The van der Waals surface area contributed by atoms with Gasteiger partial charge in [-0.3, -0.25) is 4.90 Å². The molecule has 1 aromatic rings.